The van der Waals surface area contributed by atoms with Crippen molar-refractivity contribution in [2.75, 3.05) is 31.1 Å². The number of carbonyl (C=O) groups excluding carboxylic acids is 1. The van der Waals surface area contributed by atoms with Crippen LogP contribution >= 0.6 is 0 Å². The number of esters is 1. The van der Waals surface area contributed by atoms with E-state index in [4.69, 9.17) is 14.9 Å². The molecule has 11 heteroatoms. The molecule has 11 nitrogen and oxygen atoms in total. The summed E-state index contributed by atoms with van der Waals surface area (Å²) < 4.78 is 4.85. The van der Waals surface area contributed by atoms with E-state index >= 15 is 0 Å². The molecule has 0 radical (unpaired) electrons. The summed E-state index contributed by atoms with van der Waals surface area (Å²) in [6.45, 7) is 4.22. The predicted octanol–water partition coefficient (Wildman–Crippen LogP) is 3.64. The molecule has 0 aliphatic carbocycles. The number of anilines is 2. The minimum atomic E-state index is -1.26. The van der Waals surface area contributed by atoms with Gasteiger partial charge in [-0.15, -0.1) is 0 Å². The molecule has 3 N–H and O–H groups in total. The number of non-ortho nitro benzene ring substituents is 1. The summed E-state index contributed by atoms with van der Waals surface area (Å²) in [5, 5.41) is 30.2. The van der Waals surface area contributed by atoms with Gasteiger partial charge in [0.15, 0.2) is 0 Å². The average molecular weight is 526 g/mol. The normalized spacial score (nSPS) is 12.2. The van der Waals surface area contributed by atoms with Crippen LogP contribution in [0.25, 0.3) is 0 Å². The fraction of sp³-hybridized carbons (Fsp3) is 0.296. The number of benzene rings is 2. The van der Waals surface area contributed by atoms with E-state index in [2.05, 4.69) is 22.3 Å². The van der Waals surface area contributed by atoms with Gasteiger partial charge in [0.1, 0.15) is 0 Å². The largest absolute Gasteiger partial charge is 0.478 e. The second-order valence-electron chi connectivity index (χ2n) is 8.07. The number of nitro benzene ring substituents is 1. The van der Waals surface area contributed by atoms with Crippen molar-refractivity contribution in [1.29, 1.82) is 0 Å². The maximum atomic E-state index is 11.3. The lowest BCUT2D eigenvalue weighted by Crippen LogP contribution is -2.24. The lowest BCUT2D eigenvalue weighted by Gasteiger charge is -2.27. The van der Waals surface area contributed by atoms with Crippen molar-refractivity contribution in [3.63, 3.8) is 0 Å². The summed E-state index contributed by atoms with van der Waals surface area (Å²) >= 11 is 0. The Morgan fingerprint density at radius 1 is 1.03 bits per heavy atom. The summed E-state index contributed by atoms with van der Waals surface area (Å²) in [6.07, 6.45) is 6.91. The molecule has 202 valence electrons. The van der Waals surface area contributed by atoms with Crippen molar-refractivity contribution in [3.8, 4) is 0 Å². The molecule has 3 rings (SSSR count). The smallest absolute Gasteiger partial charge is 0.330 e. The number of nitrogens with zero attached hydrogens (tertiary/aromatic N) is 2. The Hall–Kier alpha value is -4.51. The Morgan fingerprint density at radius 3 is 2.32 bits per heavy atom. The summed E-state index contributed by atoms with van der Waals surface area (Å²) in [5.41, 5.74) is 4.51. The summed E-state index contributed by atoms with van der Waals surface area (Å²) in [7, 11) is 0. The van der Waals surface area contributed by atoms with Crippen molar-refractivity contribution < 1.29 is 34.3 Å². The van der Waals surface area contributed by atoms with Gasteiger partial charge in [-0.3, -0.25) is 10.1 Å². The Morgan fingerprint density at radius 2 is 1.68 bits per heavy atom. The molecule has 0 saturated carbocycles. The van der Waals surface area contributed by atoms with Crippen molar-refractivity contribution in [2.45, 2.75) is 26.2 Å². The van der Waals surface area contributed by atoms with Crippen LogP contribution in [0, 0.1) is 10.1 Å². The van der Waals surface area contributed by atoms with Gasteiger partial charge in [0.25, 0.3) is 5.69 Å². The molecule has 0 amide bonds. The fourth-order valence-corrected chi connectivity index (χ4v) is 3.79. The molecule has 0 fully saturated rings. The monoisotopic (exact) mass is 525 g/mol. The number of carboxylic acids is 2. The fourth-order valence-electron chi connectivity index (χ4n) is 3.79. The number of aryl methyl sites for hydroxylation is 2. The molecule has 1 heterocycles. The molecule has 2 aromatic carbocycles. The van der Waals surface area contributed by atoms with E-state index < -0.39 is 11.9 Å². The average Bonchev–Trinajstić information content (AvgIpc) is 3.04. The first-order valence-electron chi connectivity index (χ1n) is 12.0. The van der Waals surface area contributed by atoms with E-state index in [1.54, 1.807) is 25.1 Å². The van der Waals surface area contributed by atoms with Crippen LogP contribution in [-0.4, -0.2) is 59.3 Å². The molecule has 0 unspecified atom stereocenters. The molecule has 0 saturated heterocycles. The van der Waals surface area contributed by atoms with Crippen LogP contribution in [0.1, 0.15) is 24.5 Å². The first-order chi connectivity index (χ1) is 18.2. The van der Waals surface area contributed by atoms with Gasteiger partial charge in [-0.25, -0.2) is 14.4 Å². The van der Waals surface area contributed by atoms with Gasteiger partial charge in [0.05, 0.1) is 17.2 Å². The van der Waals surface area contributed by atoms with Crippen molar-refractivity contribution in [2.24, 2.45) is 0 Å². The quantitative estimate of drug-likeness (QED) is 0.130. The van der Waals surface area contributed by atoms with Crippen LogP contribution in [0.3, 0.4) is 0 Å². The minimum absolute atomic E-state index is 0.111. The first kappa shape index (κ1) is 29.7. The Kier molecular flexibility index (Phi) is 12.2. The van der Waals surface area contributed by atoms with Crippen LogP contribution in [0.15, 0.2) is 66.8 Å². The van der Waals surface area contributed by atoms with Crippen molar-refractivity contribution in [1.82, 2.24) is 5.32 Å². The highest BCUT2D eigenvalue weighted by Crippen LogP contribution is 2.37. The second kappa shape index (κ2) is 15.6. The van der Waals surface area contributed by atoms with Crippen LogP contribution in [0.2, 0.25) is 0 Å². The number of aliphatic carboxylic acids is 2. The number of rotatable bonds is 11. The number of nitrogens with one attached hydrogen (secondary N) is 1. The lowest BCUT2D eigenvalue weighted by atomic mass is 10.0. The van der Waals surface area contributed by atoms with Crippen LogP contribution in [0.5, 0.6) is 0 Å². The zero-order valence-corrected chi connectivity index (χ0v) is 21.0. The second-order valence-corrected chi connectivity index (χ2v) is 8.07. The highest BCUT2D eigenvalue weighted by Gasteiger charge is 2.22. The van der Waals surface area contributed by atoms with Crippen molar-refractivity contribution >= 4 is 35.0 Å². The molecule has 0 bridgehead atoms. The molecular weight excluding hydrogens is 494 g/mol. The van der Waals surface area contributed by atoms with Gasteiger partial charge in [-0.1, -0.05) is 30.3 Å². The highest BCUT2D eigenvalue weighted by molar-refractivity contribution is 5.89. The molecule has 2 aromatic rings. The number of fused-ring (bicyclic) bond motifs is 2. The summed E-state index contributed by atoms with van der Waals surface area (Å²) in [6, 6.07) is 13.4. The lowest BCUT2D eigenvalue weighted by molar-refractivity contribution is -0.384. The van der Waals surface area contributed by atoms with Crippen LogP contribution < -0.4 is 10.2 Å². The maximum absolute atomic E-state index is 11.3. The molecular formula is C27H31N3O8. The van der Waals surface area contributed by atoms with Gasteiger partial charge < -0.3 is 25.2 Å². The number of hydrogen-bond acceptors (Lipinski definition) is 8. The third kappa shape index (κ3) is 9.86. The van der Waals surface area contributed by atoms with E-state index in [9.17, 15) is 24.5 Å². The summed E-state index contributed by atoms with van der Waals surface area (Å²) in [4.78, 5) is 43.6. The molecule has 1 aliphatic rings. The van der Waals surface area contributed by atoms with E-state index in [0.717, 1.165) is 49.3 Å². The number of ether oxygens (including phenoxy) is 1. The topological polar surface area (TPSA) is 159 Å². The van der Waals surface area contributed by atoms with Crippen molar-refractivity contribution in [3.05, 3.63) is 88.0 Å². The molecule has 0 spiro atoms. The van der Waals surface area contributed by atoms with Crippen LogP contribution in [-0.2, 0) is 32.0 Å². The van der Waals surface area contributed by atoms with Gasteiger partial charge in [-0.05, 0) is 49.9 Å². The third-order valence-electron chi connectivity index (χ3n) is 5.42. The predicted molar refractivity (Wildman–Crippen MR) is 142 cm³/mol. The SMILES string of the molecule is CCOC(=O)/C=C/CNCCCN1c2ccccc2CCc2ccc([N+](=O)[O-])cc21.O=C(O)/C=C\C(=O)O. The number of para-hydroxylation sites is 1. The standard InChI is InChI=1S/C23H27N3O4.C4H4O4/c1-2-30-23(27)9-5-14-24-15-6-16-25-21-8-4-3-7-18(21)10-11-19-12-13-20(26(28)29)17-22(19)25;5-3(6)1-2-4(7)8/h3-5,7-9,12-13,17,24H,2,6,10-11,14-16H2,1H3;1-2H,(H,5,6)(H,7,8)/b9-5+;2-1-. The molecule has 1 aliphatic heterocycles. The maximum Gasteiger partial charge on any atom is 0.330 e. The molecule has 0 aromatic heterocycles. The van der Waals surface area contributed by atoms with E-state index in [1.807, 2.05) is 18.2 Å². The first-order valence-corrected chi connectivity index (χ1v) is 12.0. The third-order valence-corrected chi connectivity index (χ3v) is 5.42. The van der Waals surface area contributed by atoms with Gasteiger partial charge >= 0.3 is 17.9 Å². The number of carboxylic acid groups (broad SMARTS) is 2. The van der Waals surface area contributed by atoms with Crippen LogP contribution in [0.4, 0.5) is 17.1 Å². The van der Waals surface area contributed by atoms with E-state index in [-0.39, 0.29) is 16.6 Å². The Balaban J connectivity index is 0.000000550. The van der Waals surface area contributed by atoms with E-state index in [0.29, 0.717) is 25.3 Å². The van der Waals surface area contributed by atoms with Gasteiger partial charge in [-0.2, -0.15) is 0 Å². The Labute approximate surface area is 220 Å². The molecule has 0 atom stereocenters. The minimum Gasteiger partial charge on any atom is -0.478 e. The highest BCUT2D eigenvalue weighted by atomic mass is 16.6. The zero-order valence-electron chi connectivity index (χ0n) is 21.0. The van der Waals surface area contributed by atoms with Gasteiger partial charge in [0.2, 0.25) is 0 Å². The Bertz CT molecular complexity index is 1180. The number of nitro groups is 1. The number of carbonyl (C=O) groups is 3. The van der Waals surface area contributed by atoms with Gasteiger partial charge in [0, 0.05) is 49.1 Å². The zero-order chi connectivity index (χ0) is 27.9. The number of hydrogen-bond donors (Lipinski definition) is 3. The van der Waals surface area contributed by atoms with E-state index in [1.165, 1.54) is 11.6 Å². The summed E-state index contributed by atoms with van der Waals surface area (Å²) in [5.74, 6) is -2.85. The molecule has 38 heavy (non-hydrogen) atoms.